The molecule has 0 saturated heterocycles. The lowest BCUT2D eigenvalue weighted by Crippen LogP contribution is -2.42. The number of carbonyl (C=O) groups is 1. The second-order valence-corrected chi connectivity index (χ2v) is 5.42. The predicted octanol–water partition coefficient (Wildman–Crippen LogP) is 1.94. The van der Waals surface area contributed by atoms with Crippen molar-refractivity contribution in [3.05, 3.63) is 12.3 Å². The van der Waals surface area contributed by atoms with E-state index in [2.05, 4.69) is 17.3 Å². The second-order valence-electron chi connectivity index (χ2n) is 5.42. The predicted molar refractivity (Wildman–Crippen MR) is 75.4 cm³/mol. The molecule has 0 aliphatic heterocycles. The van der Waals surface area contributed by atoms with Crippen LogP contribution in [0.3, 0.4) is 0 Å². The van der Waals surface area contributed by atoms with Gasteiger partial charge in [-0.15, -0.1) is 0 Å². The van der Waals surface area contributed by atoms with Crippen LogP contribution in [0.4, 0.5) is 5.82 Å². The first-order valence-corrected chi connectivity index (χ1v) is 7.27. The van der Waals surface area contributed by atoms with Crippen molar-refractivity contribution >= 4 is 11.7 Å². The third-order valence-corrected chi connectivity index (χ3v) is 3.97. The van der Waals surface area contributed by atoms with Gasteiger partial charge in [-0.1, -0.05) is 26.2 Å². The molecule has 1 aliphatic rings. The quantitative estimate of drug-likeness (QED) is 0.853. The molecule has 1 aromatic heterocycles. The van der Waals surface area contributed by atoms with E-state index in [1.54, 1.807) is 16.9 Å². The third kappa shape index (κ3) is 3.98. The Morgan fingerprint density at radius 2 is 2.26 bits per heavy atom. The van der Waals surface area contributed by atoms with Crippen molar-refractivity contribution in [2.45, 2.75) is 58.0 Å². The van der Waals surface area contributed by atoms with Gasteiger partial charge in [-0.3, -0.25) is 9.48 Å². The van der Waals surface area contributed by atoms with E-state index in [0.29, 0.717) is 17.8 Å². The minimum Gasteiger partial charge on any atom is -0.382 e. The smallest absolute Gasteiger partial charge is 0.241 e. The molecule has 0 spiro atoms. The Balaban J connectivity index is 1.85. The van der Waals surface area contributed by atoms with Crippen molar-refractivity contribution < 1.29 is 4.79 Å². The fourth-order valence-corrected chi connectivity index (χ4v) is 2.95. The number of hydrogen-bond donors (Lipinski definition) is 2. The van der Waals surface area contributed by atoms with Crippen LogP contribution in [0.1, 0.15) is 45.4 Å². The molecular weight excluding hydrogens is 240 g/mol. The molecule has 106 valence electrons. The SMILES string of the molecule is CCC(NC(=O)Cn1ccc(N)n1)C1CCCCC1. The summed E-state index contributed by atoms with van der Waals surface area (Å²) < 4.78 is 1.58. The van der Waals surface area contributed by atoms with Gasteiger partial charge < -0.3 is 11.1 Å². The Bertz CT molecular complexity index is 409. The van der Waals surface area contributed by atoms with Crippen molar-refractivity contribution in [1.29, 1.82) is 0 Å². The number of nitrogens with zero attached hydrogens (tertiary/aromatic N) is 2. The van der Waals surface area contributed by atoms with E-state index in [4.69, 9.17) is 5.73 Å². The zero-order valence-corrected chi connectivity index (χ0v) is 11.6. The monoisotopic (exact) mass is 264 g/mol. The number of aromatic nitrogens is 2. The lowest BCUT2D eigenvalue weighted by Gasteiger charge is -2.30. The Kier molecular flexibility index (Phi) is 4.82. The summed E-state index contributed by atoms with van der Waals surface area (Å²) >= 11 is 0. The zero-order chi connectivity index (χ0) is 13.7. The van der Waals surface area contributed by atoms with E-state index >= 15 is 0 Å². The maximum absolute atomic E-state index is 12.0. The Hall–Kier alpha value is -1.52. The molecule has 0 aromatic carbocycles. The van der Waals surface area contributed by atoms with Gasteiger partial charge in [-0.25, -0.2) is 0 Å². The van der Waals surface area contributed by atoms with E-state index in [0.717, 1.165) is 6.42 Å². The molecule has 1 aliphatic carbocycles. The molecule has 19 heavy (non-hydrogen) atoms. The van der Waals surface area contributed by atoms with Gasteiger partial charge in [0.2, 0.25) is 5.91 Å². The van der Waals surface area contributed by atoms with Crippen LogP contribution < -0.4 is 11.1 Å². The zero-order valence-electron chi connectivity index (χ0n) is 11.6. The maximum atomic E-state index is 12.0. The summed E-state index contributed by atoms with van der Waals surface area (Å²) in [6.07, 6.45) is 9.15. The molecule has 1 atom stereocenters. The largest absolute Gasteiger partial charge is 0.382 e. The molecule has 0 bridgehead atoms. The number of nitrogen functional groups attached to an aromatic ring is 1. The molecule has 1 amide bonds. The van der Waals surface area contributed by atoms with Gasteiger partial charge in [0, 0.05) is 12.2 Å². The normalized spacial score (nSPS) is 18.2. The fraction of sp³-hybridized carbons (Fsp3) is 0.714. The summed E-state index contributed by atoms with van der Waals surface area (Å²) in [5.41, 5.74) is 5.54. The van der Waals surface area contributed by atoms with Crippen LogP contribution in [-0.4, -0.2) is 21.7 Å². The fourth-order valence-electron chi connectivity index (χ4n) is 2.95. The van der Waals surface area contributed by atoms with Crippen LogP contribution in [0.2, 0.25) is 0 Å². The molecule has 1 heterocycles. The summed E-state index contributed by atoms with van der Waals surface area (Å²) in [5, 5.41) is 7.18. The summed E-state index contributed by atoms with van der Waals surface area (Å²) in [6, 6.07) is 2.01. The number of anilines is 1. The Labute approximate surface area is 114 Å². The standard InChI is InChI=1S/C14H24N4O/c1-2-12(11-6-4-3-5-7-11)16-14(19)10-18-9-8-13(15)17-18/h8-9,11-12H,2-7,10H2,1H3,(H2,15,17)(H,16,19). The molecule has 3 N–H and O–H groups in total. The molecule has 1 unspecified atom stereocenters. The highest BCUT2D eigenvalue weighted by molar-refractivity contribution is 5.76. The number of nitrogens with one attached hydrogen (secondary N) is 1. The van der Waals surface area contributed by atoms with Gasteiger partial charge in [0.05, 0.1) is 0 Å². The van der Waals surface area contributed by atoms with E-state index < -0.39 is 0 Å². The van der Waals surface area contributed by atoms with Crippen molar-refractivity contribution in [3.8, 4) is 0 Å². The maximum Gasteiger partial charge on any atom is 0.241 e. The van der Waals surface area contributed by atoms with Crippen molar-refractivity contribution in [2.75, 3.05) is 5.73 Å². The lowest BCUT2D eigenvalue weighted by molar-refractivity contribution is -0.123. The number of nitrogens with two attached hydrogens (primary N) is 1. The van der Waals surface area contributed by atoms with E-state index in [9.17, 15) is 4.79 Å². The molecular formula is C14H24N4O. The summed E-state index contributed by atoms with van der Waals surface area (Å²) in [4.78, 5) is 12.0. The highest BCUT2D eigenvalue weighted by Crippen LogP contribution is 2.27. The molecule has 1 saturated carbocycles. The first-order valence-electron chi connectivity index (χ1n) is 7.27. The highest BCUT2D eigenvalue weighted by atomic mass is 16.2. The molecule has 5 heteroatoms. The van der Waals surface area contributed by atoms with Gasteiger partial charge in [0.15, 0.2) is 0 Å². The minimum absolute atomic E-state index is 0.0283. The van der Waals surface area contributed by atoms with Gasteiger partial charge in [0.1, 0.15) is 12.4 Å². The van der Waals surface area contributed by atoms with Crippen LogP contribution in [0, 0.1) is 5.92 Å². The molecule has 1 fully saturated rings. The van der Waals surface area contributed by atoms with Crippen LogP contribution in [0.5, 0.6) is 0 Å². The van der Waals surface area contributed by atoms with E-state index in [1.165, 1.54) is 32.1 Å². The second kappa shape index (κ2) is 6.59. The topological polar surface area (TPSA) is 72.9 Å². The average Bonchev–Trinajstić information content (AvgIpc) is 2.82. The van der Waals surface area contributed by atoms with Crippen LogP contribution in [0.15, 0.2) is 12.3 Å². The van der Waals surface area contributed by atoms with Crippen molar-refractivity contribution in [3.63, 3.8) is 0 Å². The molecule has 2 rings (SSSR count). The molecule has 5 nitrogen and oxygen atoms in total. The van der Waals surface area contributed by atoms with Gasteiger partial charge >= 0.3 is 0 Å². The number of hydrogen-bond acceptors (Lipinski definition) is 3. The third-order valence-electron chi connectivity index (χ3n) is 3.97. The van der Waals surface area contributed by atoms with E-state index in [1.807, 2.05) is 0 Å². The Morgan fingerprint density at radius 1 is 1.53 bits per heavy atom. The van der Waals surface area contributed by atoms with Crippen molar-refractivity contribution in [1.82, 2.24) is 15.1 Å². The first kappa shape index (κ1) is 13.9. The molecule has 0 radical (unpaired) electrons. The van der Waals surface area contributed by atoms with Gasteiger partial charge in [0.25, 0.3) is 0 Å². The average molecular weight is 264 g/mol. The minimum atomic E-state index is 0.0283. The van der Waals surface area contributed by atoms with Crippen LogP contribution in [0.25, 0.3) is 0 Å². The van der Waals surface area contributed by atoms with Gasteiger partial charge in [-0.2, -0.15) is 5.10 Å². The number of amides is 1. The summed E-state index contributed by atoms with van der Waals surface area (Å²) in [5.74, 6) is 1.12. The number of rotatable bonds is 5. The van der Waals surface area contributed by atoms with Crippen LogP contribution in [-0.2, 0) is 11.3 Å². The summed E-state index contributed by atoms with van der Waals surface area (Å²) in [7, 11) is 0. The molecule has 1 aromatic rings. The number of carbonyl (C=O) groups excluding carboxylic acids is 1. The summed E-state index contributed by atoms with van der Waals surface area (Å²) in [6.45, 7) is 2.39. The lowest BCUT2D eigenvalue weighted by atomic mass is 9.83. The Morgan fingerprint density at radius 3 is 2.84 bits per heavy atom. The first-order chi connectivity index (χ1) is 9.19. The van der Waals surface area contributed by atoms with Gasteiger partial charge in [-0.05, 0) is 31.2 Å². The highest BCUT2D eigenvalue weighted by Gasteiger charge is 2.23. The van der Waals surface area contributed by atoms with E-state index in [-0.39, 0.29) is 12.5 Å². The van der Waals surface area contributed by atoms with Crippen molar-refractivity contribution in [2.24, 2.45) is 5.92 Å². The van der Waals surface area contributed by atoms with Crippen LogP contribution >= 0.6 is 0 Å².